The molecule has 0 aliphatic carbocycles. The molecule has 2 aromatic heterocycles. The molecule has 0 fully saturated rings. The summed E-state index contributed by atoms with van der Waals surface area (Å²) in [6, 6.07) is 7.89. The molecule has 10 heteroatoms. The summed E-state index contributed by atoms with van der Waals surface area (Å²) in [7, 11) is 0. The lowest BCUT2D eigenvalue weighted by Crippen LogP contribution is -2.30. The Bertz CT molecular complexity index is 1050. The summed E-state index contributed by atoms with van der Waals surface area (Å²) in [5.41, 5.74) is 2.81. The Kier molecular flexibility index (Phi) is 4.99. The molecule has 7 nitrogen and oxygen atoms in total. The number of aromatic nitrogens is 3. The van der Waals surface area contributed by atoms with Gasteiger partial charge >= 0.3 is 12.2 Å². The zero-order chi connectivity index (χ0) is 20.4. The van der Waals surface area contributed by atoms with Gasteiger partial charge in [-0.1, -0.05) is 6.07 Å². The molecular weight excluding hydrogens is 385 g/mol. The Morgan fingerprint density at radius 2 is 2.03 bits per heavy atom. The molecule has 0 radical (unpaired) electrons. The van der Waals surface area contributed by atoms with Gasteiger partial charge in [0, 0.05) is 30.9 Å². The molecule has 1 aliphatic heterocycles. The fraction of sp³-hybridized carbons (Fsp3) is 0.316. The van der Waals surface area contributed by atoms with E-state index in [0.717, 1.165) is 30.9 Å². The van der Waals surface area contributed by atoms with Crippen LogP contribution < -0.4 is 16.0 Å². The summed E-state index contributed by atoms with van der Waals surface area (Å²) in [6.07, 6.45) is -1.87. The number of halogens is 3. The summed E-state index contributed by atoms with van der Waals surface area (Å²) in [5.74, 6) is -0.162. The van der Waals surface area contributed by atoms with Gasteiger partial charge in [-0.05, 0) is 42.7 Å². The number of aryl methyl sites for hydroxylation is 1. The zero-order valence-electron chi connectivity index (χ0n) is 15.4. The monoisotopic (exact) mass is 404 g/mol. The third-order valence-corrected chi connectivity index (χ3v) is 4.63. The number of benzene rings is 1. The highest BCUT2D eigenvalue weighted by Gasteiger charge is 2.34. The zero-order valence-corrected chi connectivity index (χ0v) is 15.4. The first-order chi connectivity index (χ1) is 13.9. The van der Waals surface area contributed by atoms with Gasteiger partial charge in [0.2, 0.25) is 5.82 Å². The van der Waals surface area contributed by atoms with Crippen LogP contribution in [0.25, 0.3) is 11.0 Å². The minimum atomic E-state index is -4.55. The van der Waals surface area contributed by atoms with Crippen LogP contribution in [-0.2, 0) is 19.0 Å². The van der Waals surface area contributed by atoms with Crippen LogP contribution in [-0.4, -0.2) is 34.1 Å². The van der Waals surface area contributed by atoms with Crippen molar-refractivity contribution in [3.63, 3.8) is 0 Å². The van der Waals surface area contributed by atoms with Crippen LogP contribution in [0.2, 0.25) is 0 Å². The van der Waals surface area contributed by atoms with Crippen LogP contribution in [0.1, 0.15) is 23.5 Å². The molecular formula is C19H19F3N6O. The Balaban J connectivity index is 1.32. The van der Waals surface area contributed by atoms with Crippen molar-refractivity contribution in [2.45, 2.75) is 25.4 Å². The van der Waals surface area contributed by atoms with Gasteiger partial charge in [0.15, 0.2) is 0 Å². The van der Waals surface area contributed by atoms with E-state index in [1.807, 2.05) is 6.07 Å². The van der Waals surface area contributed by atoms with E-state index in [4.69, 9.17) is 0 Å². The number of alkyl halides is 3. The third-order valence-electron chi connectivity index (χ3n) is 4.63. The highest BCUT2D eigenvalue weighted by Crippen LogP contribution is 2.29. The summed E-state index contributed by atoms with van der Waals surface area (Å²) in [5, 5.41) is 8.60. The fourth-order valence-electron chi connectivity index (χ4n) is 3.21. The van der Waals surface area contributed by atoms with Crippen LogP contribution >= 0.6 is 0 Å². The molecule has 4 rings (SSSR count). The maximum Gasteiger partial charge on any atom is 0.449 e. The second kappa shape index (κ2) is 7.61. The SMILES string of the molecule is O=C(NCCc1ccc2c(n1)NCCC2)Nc1ccc2nc(C(F)(F)F)[nH]c2c1. The number of fused-ring (bicyclic) bond motifs is 2. The van der Waals surface area contributed by atoms with Gasteiger partial charge in [-0.3, -0.25) is 0 Å². The lowest BCUT2D eigenvalue weighted by molar-refractivity contribution is -0.144. The van der Waals surface area contributed by atoms with Gasteiger partial charge in [-0.15, -0.1) is 0 Å². The number of anilines is 2. The number of amides is 2. The van der Waals surface area contributed by atoms with E-state index < -0.39 is 18.0 Å². The number of pyridine rings is 1. The van der Waals surface area contributed by atoms with Gasteiger partial charge in [0.25, 0.3) is 0 Å². The first kappa shape index (κ1) is 19.0. The van der Waals surface area contributed by atoms with Gasteiger partial charge in [0.1, 0.15) is 5.82 Å². The van der Waals surface area contributed by atoms with Crippen molar-refractivity contribution < 1.29 is 18.0 Å². The molecule has 3 heterocycles. The van der Waals surface area contributed by atoms with Crippen molar-refractivity contribution in [1.82, 2.24) is 20.3 Å². The number of aromatic amines is 1. The van der Waals surface area contributed by atoms with E-state index in [9.17, 15) is 18.0 Å². The topological polar surface area (TPSA) is 94.7 Å². The summed E-state index contributed by atoms with van der Waals surface area (Å²) in [4.78, 5) is 22.4. The number of carbonyl (C=O) groups excluding carboxylic acids is 1. The summed E-state index contributed by atoms with van der Waals surface area (Å²) < 4.78 is 38.2. The number of H-pyrrole nitrogens is 1. The standard InChI is InChI=1S/C19H19F3N6O/c20-19(21,22)17-27-14-6-5-13(10-15(14)28-17)26-18(29)24-9-7-12-4-3-11-2-1-8-23-16(11)25-12/h3-6,10H,1-2,7-9H2,(H,23,25)(H,27,28)(H2,24,26,29). The molecule has 1 aromatic carbocycles. The molecule has 0 saturated heterocycles. The average molecular weight is 404 g/mol. The van der Waals surface area contributed by atoms with Crippen molar-refractivity contribution in [3.05, 3.63) is 47.4 Å². The van der Waals surface area contributed by atoms with Crippen molar-refractivity contribution >= 4 is 28.6 Å². The summed E-state index contributed by atoms with van der Waals surface area (Å²) >= 11 is 0. The average Bonchev–Trinajstić information content (AvgIpc) is 3.12. The molecule has 0 spiro atoms. The lowest BCUT2D eigenvalue weighted by atomic mass is 10.1. The van der Waals surface area contributed by atoms with E-state index in [1.54, 1.807) is 0 Å². The number of nitrogens with one attached hydrogen (secondary N) is 4. The Hall–Kier alpha value is -3.30. The van der Waals surface area contributed by atoms with Crippen molar-refractivity contribution in [2.75, 3.05) is 23.7 Å². The van der Waals surface area contributed by atoms with E-state index in [-0.39, 0.29) is 11.0 Å². The maximum atomic E-state index is 12.7. The van der Waals surface area contributed by atoms with E-state index in [1.165, 1.54) is 23.8 Å². The molecule has 0 unspecified atom stereocenters. The van der Waals surface area contributed by atoms with E-state index in [2.05, 4.69) is 37.0 Å². The number of nitrogens with zero attached hydrogens (tertiary/aromatic N) is 2. The summed E-state index contributed by atoms with van der Waals surface area (Å²) in [6.45, 7) is 1.29. The van der Waals surface area contributed by atoms with E-state index >= 15 is 0 Å². The molecule has 0 bridgehead atoms. The smallest absolute Gasteiger partial charge is 0.370 e. The van der Waals surface area contributed by atoms with Crippen LogP contribution in [0.3, 0.4) is 0 Å². The Morgan fingerprint density at radius 3 is 2.86 bits per heavy atom. The number of carbonyl (C=O) groups is 1. The van der Waals surface area contributed by atoms with Crippen LogP contribution in [0.5, 0.6) is 0 Å². The van der Waals surface area contributed by atoms with Crippen LogP contribution in [0, 0.1) is 0 Å². The lowest BCUT2D eigenvalue weighted by Gasteiger charge is -2.17. The van der Waals surface area contributed by atoms with Gasteiger partial charge in [0.05, 0.1) is 11.0 Å². The Labute approximate surface area is 164 Å². The highest BCUT2D eigenvalue weighted by atomic mass is 19.4. The minimum absolute atomic E-state index is 0.176. The number of hydrogen-bond acceptors (Lipinski definition) is 4. The largest absolute Gasteiger partial charge is 0.449 e. The second-order valence-corrected chi connectivity index (χ2v) is 6.79. The third kappa shape index (κ3) is 4.41. The molecule has 29 heavy (non-hydrogen) atoms. The predicted octanol–water partition coefficient (Wildman–Crippen LogP) is 3.70. The van der Waals surface area contributed by atoms with Gasteiger partial charge in [-0.25, -0.2) is 14.8 Å². The molecule has 3 aromatic rings. The molecule has 1 aliphatic rings. The number of urea groups is 1. The normalized spacial score (nSPS) is 13.6. The van der Waals surface area contributed by atoms with Crippen molar-refractivity contribution in [3.8, 4) is 0 Å². The molecule has 0 atom stereocenters. The van der Waals surface area contributed by atoms with Gasteiger partial charge in [-0.2, -0.15) is 13.2 Å². The first-order valence-electron chi connectivity index (χ1n) is 9.23. The van der Waals surface area contributed by atoms with Crippen LogP contribution in [0.4, 0.5) is 29.5 Å². The molecule has 4 N–H and O–H groups in total. The van der Waals surface area contributed by atoms with Crippen molar-refractivity contribution in [2.24, 2.45) is 0 Å². The fourth-order valence-corrected chi connectivity index (χ4v) is 3.21. The maximum absolute atomic E-state index is 12.7. The number of rotatable bonds is 4. The first-order valence-corrected chi connectivity index (χ1v) is 9.23. The Morgan fingerprint density at radius 1 is 1.17 bits per heavy atom. The number of hydrogen-bond donors (Lipinski definition) is 4. The van der Waals surface area contributed by atoms with Crippen LogP contribution in [0.15, 0.2) is 30.3 Å². The molecule has 2 amide bonds. The quantitative estimate of drug-likeness (QED) is 0.533. The second-order valence-electron chi connectivity index (χ2n) is 6.79. The molecule has 0 saturated carbocycles. The van der Waals surface area contributed by atoms with Crippen molar-refractivity contribution in [1.29, 1.82) is 0 Å². The molecule has 152 valence electrons. The van der Waals surface area contributed by atoms with E-state index in [0.29, 0.717) is 18.7 Å². The minimum Gasteiger partial charge on any atom is -0.370 e. The number of imidazole rings is 1. The predicted molar refractivity (Wildman–Crippen MR) is 103 cm³/mol. The highest BCUT2D eigenvalue weighted by molar-refractivity contribution is 5.91. The van der Waals surface area contributed by atoms with Gasteiger partial charge < -0.3 is 20.9 Å².